The maximum atomic E-state index is 13.5. The van der Waals surface area contributed by atoms with Crippen molar-refractivity contribution in [2.45, 2.75) is 20.8 Å². The number of hydrogen-bond donors (Lipinski definition) is 0. The quantitative estimate of drug-likeness (QED) is 0.397. The topological polar surface area (TPSA) is 22.1 Å². The first-order valence-corrected chi connectivity index (χ1v) is 9.46. The molecule has 0 spiro atoms. The number of hydrogen-bond acceptors (Lipinski definition) is 2. The van der Waals surface area contributed by atoms with Gasteiger partial charge >= 0.3 is 0 Å². The minimum absolute atomic E-state index is 0.236. The first-order valence-electron chi connectivity index (χ1n) is 9.46. The van der Waals surface area contributed by atoms with E-state index in [0.29, 0.717) is 6.61 Å². The van der Waals surface area contributed by atoms with Crippen molar-refractivity contribution < 1.29 is 9.13 Å². The van der Waals surface area contributed by atoms with Gasteiger partial charge in [-0.15, -0.1) is 0 Å². The zero-order valence-corrected chi connectivity index (χ0v) is 16.3. The highest BCUT2D eigenvalue weighted by atomic mass is 19.1. The van der Waals surface area contributed by atoms with Crippen LogP contribution in [0.25, 0.3) is 33.3 Å². The van der Waals surface area contributed by atoms with Crippen LogP contribution in [0.5, 0.6) is 5.75 Å². The molecule has 0 saturated carbocycles. The minimum atomic E-state index is -0.236. The number of fused-ring (bicyclic) bond motifs is 1. The van der Waals surface area contributed by atoms with Gasteiger partial charge in [0.05, 0.1) is 17.8 Å². The number of nitrogens with zero attached hydrogens (tertiary/aromatic N) is 1. The Hall–Kier alpha value is -3.20. The monoisotopic (exact) mass is 371 g/mol. The molecule has 0 radical (unpaired) electrons. The number of aryl methyl sites for hydroxylation is 2. The molecule has 0 atom stereocenters. The number of benzene rings is 3. The summed E-state index contributed by atoms with van der Waals surface area (Å²) in [7, 11) is 0. The Morgan fingerprint density at radius 3 is 2.50 bits per heavy atom. The average Bonchev–Trinajstić information content (AvgIpc) is 2.69. The molecular weight excluding hydrogens is 349 g/mol. The third kappa shape index (κ3) is 3.48. The zero-order chi connectivity index (χ0) is 19.7. The summed E-state index contributed by atoms with van der Waals surface area (Å²) < 4.78 is 19.2. The lowest BCUT2D eigenvalue weighted by Gasteiger charge is -2.12. The smallest absolute Gasteiger partial charge is 0.123 e. The highest BCUT2D eigenvalue weighted by Crippen LogP contribution is 2.31. The summed E-state index contributed by atoms with van der Waals surface area (Å²) in [6, 6.07) is 21.3. The summed E-state index contributed by atoms with van der Waals surface area (Å²) in [6.07, 6.45) is 0. The SMILES string of the molecule is CCOc1cccc(-c2ccc(-c3cc(C)c4cc(F)ccc4n3)cc2C)c1. The van der Waals surface area contributed by atoms with Crippen molar-refractivity contribution >= 4 is 10.9 Å². The van der Waals surface area contributed by atoms with Crippen LogP contribution >= 0.6 is 0 Å². The molecule has 4 rings (SSSR count). The molecule has 0 fully saturated rings. The number of halogens is 1. The highest BCUT2D eigenvalue weighted by Gasteiger charge is 2.09. The second-order valence-corrected chi connectivity index (χ2v) is 6.98. The molecule has 140 valence electrons. The van der Waals surface area contributed by atoms with Crippen molar-refractivity contribution in [3.8, 4) is 28.1 Å². The molecular formula is C25H22FNO. The maximum Gasteiger partial charge on any atom is 0.123 e. The lowest BCUT2D eigenvalue weighted by Crippen LogP contribution is -1.93. The van der Waals surface area contributed by atoms with Crippen molar-refractivity contribution in [3.05, 3.63) is 83.7 Å². The predicted molar refractivity (Wildman–Crippen MR) is 113 cm³/mol. The van der Waals surface area contributed by atoms with E-state index in [2.05, 4.69) is 37.3 Å². The molecule has 0 unspecified atom stereocenters. The second-order valence-electron chi connectivity index (χ2n) is 6.98. The third-order valence-corrected chi connectivity index (χ3v) is 4.96. The molecule has 0 bridgehead atoms. The molecule has 0 saturated heterocycles. The Balaban J connectivity index is 1.75. The molecule has 0 aliphatic carbocycles. The summed E-state index contributed by atoms with van der Waals surface area (Å²) in [4.78, 5) is 4.74. The third-order valence-electron chi connectivity index (χ3n) is 4.96. The van der Waals surface area contributed by atoms with E-state index in [1.807, 2.05) is 32.0 Å². The van der Waals surface area contributed by atoms with Gasteiger partial charge in [0.15, 0.2) is 0 Å². The molecule has 28 heavy (non-hydrogen) atoms. The fraction of sp³-hybridized carbons (Fsp3) is 0.160. The van der Waals surface area contributed by atoms with Crippen molar-refractivity contribution in [2.24, 2.45) is 0 Å². The van der Waals surface area contributed by atoms with Gasteiger partial charge in [-0.05, 0) is 85.5 Å². The maximum absolute atomic E-state index is 13.5. The van der Waals surface area contributed by atoms with Gasteiger partial charge in [0.2, 0.25) is 0 Å². The Labute approximate surface area is 164 Å². The van der Waals surface area contributed by atoms with Crippen LogP contribution < -0.4 is 4.74 Å². The van der Waals surface area contributed by atoms with Crippen molar-refractivity contribution in [3.63, 3.8) is 0 Å². The van der Waals surface area contributed by atoms with E-state index >= 15 is 0 Å². The van der Waals surface area contributed by atoms with E-state index in [0.717, 1.165) is 39.0 Å². The van der Waals surface area contributed by atoms with Crippen LogP contribution in [0.2, 0.25) is 0 Å². The lowest BCUT2D eigenvalue weighted by molar-refractivity contribution is 0.340. The summed E-state index contributed by atoms with van der Waals surface area (Å²) >= 11 is 0. The fourth-order valence-corrected chi connectivity index (χ4v) is 3.58. The Morgan fingerprint density at radius 2 is 1.71 bits per heavy atom. The van der Waals surface area contributed by atoms with Crippen molar-refractivity contribution in [2.75, 3.05) is 6.61 Å². The van der Waals surface area contributed by atoms with Crippen molar-refractivity contribution in [1.29, 1.82) is 0 Å². The van der Waals surface area contributed by atoms with Crippen LogP contribution in [0.4, 0.5) is 4.39 Å². The lowest BCUT2D eigenvalue weighted by atomic mass is 9.96. The van der Waals surface area contributed by atoms with Crippen molar-refractivity contribution in [1.82, 2.24) is 4.98 Å². The average molecular weight is 371 g/mol. The molecule has 0 aliphatic heterocycles. The van der Waals surface area contributed by atoms with Gasteiger partial charge in [0.25, 0.3) is 0 Å². The molecule has 3 heteroatoms. The van der Waals surface area contributed by atoms with Gasteiger partial charge in [-0.25, -0.2) is 9.37 Å². The summed E-state index contributed by atoms with van der Waals surface area (Å²) in [6.45, 7) is 6.74. The van der Waals surface area contributed by atoms with E-state index in [1.54, 1.807) is 12.1 Å². The van der Waals surface area contributed by atoms with Crippen LogP contribution in [0.3, 0.4) is 0 Å². The Morgan fingerprint density at radius 1 is 0.857 bits per heavy atom. The molecule has 1 aromatic heterocycles. The standard InChI is InChI=1S/C25H22FNO/c1-4-28-21-7-5-6-18(14-21)22-10-8-19(12-16(22)2)25-13-17(3)23-15-20(26)9-11-24(23)27-25/h5-15H,4H2,1-3H3. The van der Waals surface area contributed by atoms with Crippen LogP contribution in [0, 0.1) is 19.7 Å². The molecule has 3 aromatic carbocycles. The molecule has 2 nitrogen and oxygen atoms in total. The number of pyridine rings is 1. The van der Waals surface area contributed by atoms with Gasteiger partial charge in [-0.2, -0.15) is 0 Å². The van der Waals surface area contributed by atoms with E-state index < -0.39 is 0 Å². The van der Waals surface area contributed by atoms with Crippen LogP contribution in [0.15, 0.2) is 66.7 Å². The summed E-state index contributed by atoms with van der Waals surface area (Å²) in [5.41, 5.74) is 7.25. The molecule has 0 N–H and O–H groups in total. The van der Waals surface area contributed by atoms with Gasteiger partial charge in [0.1, 0.15) is 11.6 Å². The second kappa shape index (κ2) is 7.43. The fourth-order valence-electron chi connectivity index (χ4n) is 3.58. The normalized spacial score (nSPS) is 11.0. The Kier molecular flexibility index (Phi) is 4.82. The van der Waals surface area contributed by atoms with Gasteiger partial charge in [-0.3, -0.25) is 0 Å². The number of ether oxygens (including phenoxy) is 1. The number of aromatic nitrogens is 1. The Bertz CT molecular complexity index is 1170. The summed E-state index contributed by atoms with van der Waals surface area (Å²) in [5, 5.41) is 0.852. The first kappa shape index (κ1) is 18.2. The predicted octanol–water partition coefficient (Wildman–Crippen LogP) is 6.72. The largest absolute Gasteiger partial charge is 0.494 e. The first-order chi connectivity index (χ1) is 13.5. The highest BCUT2D eigenvalue weighted by molar-refractivity contribution is 5.85. The molecule has 4 aromatic rings. The molecule has 0 aliphatic rings. The van der Waals surface area contributed by atoms with E-state index in [1.165, 1.54) is 17.2 Å². The van der Waals surface area contributed by atoms with Crippen LogP contribution in [-0.4, -0.2) is 11.6 Å². The van der Waals surface area contributed by atoms with Crippen LogP contribution in [-0.2, 0) is 0 Å². The van der Waals surface area contributed by atoms with E-state index in [-0.39, 0.29) is 5.82 Å². The minimum Gasteiger partial charge on any atom is -0.494 e. The zero-order valence-electron chi connectivity index (χ0n) is 16.3. The molecule has 1 heterocycles. The van der Waals surface area contributed by atoms with Gasteiger partial charge in [0, 0.05) is 10.9 Å². The van der Waals surface area contributed by atoms with Gasteiger partial charge < -0.3 is 4.74 Å². The van der Waals surface area contributed by atoms with E-state index in [4.69, 9.17) is 9.72 Å². The van der Waals surface area contributed by atoms with Gasteiger partial charge in [-0.1, -0.05) is 24.3 Å². The molecule has 0 amide bonds. The summed E-state index contributed by atoms with van der Waals surface area (Å²) in [5.74, 6) is 0.641. The number of rotatable bonds is 4. The van der Waals surface area contributed by atoms with E-state index in [9.17, 15) is 4.39 Å². The van der Waals surface area contributed by atoms with Crippen LogP contribution in [0.1, 0.15) is 18.1 Å².